The SMILES string of the molecule is CC(C)OP(=O)(CN1CCNCC1)OC(C)C. The van der Waals surface area contributed by atoms with E-state index in [-0.39, 0.29) is 12.2 Å². The number of rotatable bonds is 6. The van der Waals surface area contributed by atoms with E-state index in [2.05, 4.69) is 10.2 Å². The van der Waals surface area contributed by atoms with E-state index < -0.39 is 7.60 Å². The van der Waals surface area contributed by atoms with Gasteiger partial charge >= 0.3 is 7.60 Å². The average molecular weight is 264 g/mol. The standard InChI is InChI=1S/C11H25N2O3P/c1-10(2)15-17(14,16-11(3)4)9-13-7-5-12-6-8-13/h10-12H,5-9H2,1-4H3. The van der Waals surface area contributed by atoms with Crippen LogP contribution < -0.4 is 5.32 Å². The van der Waals surface area contributed by atoms with Gasteiger partial charge in [-0.3, -0.25) is 9.46 Å². The highest BCUT2D eigenvalue weighted by Crippen LogP contribution is 2.50. The lowest BCUT2D eigenvalue weighted by atomic mass is 10.4. The van der Waals surface area contributed by atoms with Gasteiger partial charge in [-0.25, -0.2) is 0 Å². The first-order chi connectivity index (χ1) is 7.91. The highest BCUT2D eigenvalue weighted by molar-refractivity contribution is 7.53. The second kappa shape index (κ2) is 6.86. The van der Waals surface area contributed by atoms with Gasteiger partial charge in [-0.1, -0.05) is 0 Å². The van der Waals surface area contributed by atoms with Crippen LogP contribution in [-0.2, 0) is 13.6 Å². The van der Waals surface area contributed by atoms with Crippen molar-refractivity contribution >= 4 is 7.60 Å². The third-order valence-corrected chi connectivity index (χ3v) is 4.56. The molecule has 0 saturated carbocycles. The number of nitrogens with zero attached hydrogens (tertiary/aromatic N) is 1. The molecule has 1 aliphatic rings. The minimum Gasteiger partial charge on any atom is -0.314 e. The number of hydrogen-bond donors (Lipinski definition) is 1. The Morgan fingerprint density at radius 2 is 1.59 bits per heavy atom. The zero-order valence-electron chi connectivity index (χ0n) is 11.3. The molecule has 0 bridgehead atoms. The molecular formula is C11H25N2O3P. The van der Waals surface area contributed by atoms with Crippen molar-refractivity contribution in [1.29, 1.82) is 0 Å². The minimum atomic E-state index is -3.00. The van der Waals surface area contributed by atoms with Crippen LogP contribution in [0.4, 0.5) is 0 Å². The molecule has 1 saturated heterocycles. The van der Waals surface area contributed by atoms with Crippen molar-refractivity contribution in [2.45, 2.75) is 39.9 Å². The van der Waals surface area contributed by atoms with Gasteiger partial charge in [0.2, 0.25) is 0 Å². The highest BCUT2D eigenvalue weighted by Gasteiger charge is 2.30. The van der Waals surface area contributed by atoms with Crippen LogP contribution in [0, 0.1) is 0 Å². The summed E-state index contributed by atoms with van der Waals surface area (Å²) in [6, 6.07) is 0. The monoisotopic (exact) mass is 264 g/mol. The Morgan fingerprint density at radius 1 is 1.12 bits per heavy atom. The van der Waals surface area contributed by atoms with Crippen molar-refractivity contribution in [3.8, 4) is 0 Å². The first kappa shape index (κ1) is 15.1. The van der Waals surface area contributed by atoms with Crippen LogP contribution in [0.1, 0.15) is 27.7 Å². The van der Waals surface area contributed by atoms with Crippen LogP contribution in [0.25, 0.3) is 0 Å². The molecule has 1 rings (SSSR count). The minimum absolute atomic E-state index is 0.0810. The van der Waals surface area contributed by atoms with E-state index in [4.69, 9.17) is 9.05 Å². The Bertz CT molecular complexity index is 251. The molecule has 0 spiro atoms. The van der Waals surface area contributed by atoms with E-state index >= 15 is 0 Å². The van der Waals surface area contributed by atoms with Gasteiger partial charge in [0.05, 0.1) is 12.2 Å². The maximum Gasteiger partial charge on any atom is 0.345 e. The Hall–Kier alpha value is 0.0700. The van der Waals surface area contributed by atoms with Crippen LogP contribution in [0.15, 0.2) is 0 Å². The van der Waals surface area contributed by atoms with Crippen molar-refractivity contribution in [2.75, 3.05) is 32.5 Å². The van der Waals surface area contributed by atoms with Crippen LogP contribution in [-0.4, -0.2) is 49.6 Å². The van der Waals surface area contributed by atoms with Crippen LogP contribution >= 0.6 is 7.60 Å². The van der Waals surface area contributed by atoms with Gasteiger partial charge in [0.25, 0.3) is 0 Å². The molecule has 0 aromatic rings. The smallest absolute Gasteiger partial charge is 0.314 e. The van der Waals surface area contributed by atoms with Gasteiger partial charge in [-0.2, -0.15) is 0 Å². The van der Waals surface area contributed by atoms with Gasteiger partial charge in [0.1, 0.15) is 6.29 Å². The summed E-state index contributed by atoms with van der Waals surface area (Å²) in [5, 5.41) is 3.27. The fourth-order valence-corrected chi connectivity index (χ4v) is 4.07. The van der Waals surface area contributed by atoms with Crippen LogP contribution in [0.5, 0.6) is 0 Å². The third kappa shape index (κ3) is 5.98. The molecule has 102 valence electrons. The summed E-state index contributed by atoms with van der Waals surface area (Å²) in [6.45, 7) is 11.2. The maximum absolute atomic E-state index is 12.6. The predicted octanol–water partition coefficient (Wildman–Crippen LogP) is 1.89. The van der Waals surface area contributed by atoms with Crippen molar-refractivity contribution in [3.05, 3.63) is 0 Å². The summed E-state index contributed by atoms with van der Waals surface area (Å²) in [7, 11) is -3.00. The Morgan fingerprint density at radius 3 is 2.00 bits per heavy atom. The van der Waals surface area contributed by atoms with Crippen molar-refractivity contribution in [3.63, 3.8) is 0 Å². The molecule has 1 fully saturated rings. The van der Waals surface area contributed by atoms with Gasteiger partial charge in [0.15, 0.2) is 0 Å². The molecular weight excluding hydrogens is 239 g/mol. The molecule has 0 atom stereocenters. The molecule has 0 amide bonds. The topological polar surface area (TPSA) is 50.8 Å². The second-order valence-corrected chi connectivity index (χ2v) is 6.85. The Kier molecular flexibility index (Phi) is 6.10. The molecule has 0 radical (unpaired) electrons. The van der Waals surface area contributed by atoms with E-state index in [1.165, 1.54) is 0 Å². The van der Waals surface area contributed by atoms with E-state index in [0.717, 1.165) is 26.2 Å². The lowest BCUT2D eigenvalue weighted by molar-refractivity contribution is 0.128. The summed E-state index contributed by atoms with van der Waals surface area (Å²) >= 11 is 0. The highest BCUT2D eigenvalue weighted by atomic mass is 31.2. The quantitative estimate of drug-likeness (QED) is 0.742. The van der Waals surface area contributed by atoms with Gasteiger partial charge in [-0.05, 0) is 27.7 Å². The number of nitrogens with one attached hydrogen (secondary N) is 1. The lowest BCUT2D eigenvalue weighted by Crippen LogP contribution is -2.44. The average Bonchev–Trinajstić information content (AvgIpc) is 2.15. The fourth-order valence-electron chi connectivity index (χ4n) is 1.83. The van der Waals surface area contributed by atoms with E-state index in [0.29, 0.717) is 6.29 Å². The molecule has 0 unspecified atom stereocenters. The molecule has 1 heterocycles. The zero-order valence-corrected chi connectivity index (χ0v) is 12.2. The second-order valence-electron chi connectivity index (χ2n) is 4.93. The maximum atomic E-state index is 12.6. The number of hydrogen-bond acceptors (Lipinski definition) is 5. The summed E-state index contributed by atoms with van der Waals surface area (Å²) in [5.41, 5.74) is 0. The summed E-state index contributed by atoms with van der Waals surface area (Å²) in [6.07, 6.45) is 0.232. The van der Waals surface area contributed by atoms with E-state index in [1.807, 2.05) is 27.7 Å². The molecule has 0 aromatic heterocycles. The molecule has 1 aliphatic heterocycles. The molecule has 0 aromatic carbocycles. The molecule has 0 aliphatic carbocycles. The number of piperazine rings is 1. The fraction of sp³-hybridized carbons (Fsp3) is 1.00. The van der Waals surface area contributed by atoms with Gasteiger partial charge < -0.3 is 14.4 Å². The first-order valence-electron chi connectivity index (χ1n) is 6.30. The first-order valence-corrected chi connectivity index (χ1v) is 8.03. The molecule has 5 nitrogen and oxygen atoms in total. The van der Waals surface area contributed by atoms with Crippen LogP contribution in [0.2, 0.25) is 0 Å². The summed E-state index contributed by atoms with van der Waals surface area (Å²) in [4.78, 5) is 2.14. The zero-order chi connectivity index (χ0) is 12.9. The van der Waals surface area contributed by atoms with E-state index in [9.17, 15) is 4.57 Å². The van der Waals surface area contributed by atoms with Crippen molar-refractivity contribution in [1.82, 2.24) is 10.2 Å². The van der Waals surface area contributed by atoms with Crippen molar-refractivity contribution in [2.24, 2.45) is 0 Å². The van der Waals surface area contributed by atoms with Gasteiger partial charge in [0, 0.05) is 26.2 Å². The normalized spacial score (nSPS) is 19.2. The van der Waals surface area contributed by atoms with Crippen LogP contribution in [0.3, 0.4) is 0 Å². The molecule has 17 heavy (non-hydrogen) atoms. The van der Waals surface area contributed by atoms with E-state index in [1.54, 1.807) is 0 Å². The molecule has 6 heteroatoms. The summed E-state index contributed by atoms with van der Waals surface area (Å²) in [5.74, 6) is 0. The Balaban J connectivity index is 2.58. The molecule has 1 N–H and O–H groups in total. The summed E-state index contributed by atoms with van der Waals surface area (Å²) < 4.78 is 23.6. The van der Waals surface area contributed by atoms with Crippen molar-refractivity contribution < 1.29 is 13.6 Å². The predicted molar refractivity (Wildman–Crippen MR) is 69.4 cm³/mol. The third-order valence-electron chi connectivity index (χ3n) is 2.33. The largest absolute Gasteiger partial charge is 0.345 e. The Labute approximate surface area is 104 Å². The van der Waals surface area contributed by atoms with Gasteiger partial charge in [-0.15, -0.1) is 0 Å². The lowest BCUT2D eigenvalue weighted by Gasteiger charge is -2.31.